The van der Waals surface area contributed by atoms with E-state index in [0.717, 1.165) is 64.3 Å². The van der Waals surface area contributed by atoms with Crippen LogP contribution < -0.4 is 0 Å². The molecule has 7 heteroatoms. The molecule has 0 rings (SSSR count). The van der Waals surface area contributed by atoms with Gasteiger partial charge in [-0.05, 0) is 94.4 Å². The van der Waals surface area contributed by atoms with E-state index >= 15 is 0 Å². The van der Waals surface area contributed by atoms with Gasteiger partial charge in [0.25, 0.3) is 0 Å². The molecule has 0 aliphatic rings. The predicted octanol–water partition coefficient (Wildman–Crippen LogP) is 1.49. The second kappa shape index (κ2) is 14.1. The summed E-state index contributed by atoms with van der Waals surface area (Å²) in [5.74, 6) is 0. The van der Waals surface area contributed by atoms with Crippen LogP contribution >= 0.6 is 0 Å². The van der Waals surface area contributed by atoms with Crippen LogP contribution in [0, 0.1) is 0 Å². The number of likely N-dealkylation sites (N-methyl/N-ethyl adjacent to an activating group) is 2. The molecule has 0 saturated heterocycles. The van der Waals surface area contributed by atoms with Crippen LogP contribution in [0.2, 0.25) is 12.1 Å². The molecular formula is C18H44N4O2Si. The molecule has 0 aliphatic carbocycles. The molecule has 0 radical (unpaired) electrons. The molecular weight excluding hydrogens is 332 g/mol. The molecule has 0 aromatic heterocycles. The lowest BCUT2D eigenvalue weighted by Gasteiger charge is -2.33. The van der Waals surface area contributed by atoms with Crippen molar-refractivity contribution < 1.29 is 8.85 Å². The van der Waals surface area contributed by atoms with Crippen molar-refractivity contribution in [1.82, 2.24) is 19.6 Å². The van der Waals surface area contributed by atoms with Crippen LogP contribution in [0.25, 0.3) is 0 Å². The Hall–Kier alpha value is -0.0231. The van der Waals surface area contributed by atoms with Crippen molar-refractivity contribution in [2.45, 2.75) is 24.9 Å². The van der Waals surface area contributed by atoms with Gasteiger partial charge in [0.2, 0.25) is 0 Å². The highest BCUT2D eigenvalue weighted by Crippen LogP contribution is 2.23. The van der Waals surface area contributed by atoms with Crippen LogP contribution in [-0.2, 0) is 8.85 Å². The Morgan fingerprint density at radius 3 is 1.12 bits per heavy atom. The zero-order chi connectivity index (χ0) is 19.3. The maximum absolute atomic E-state index is 6.51. The SMILES string of the molecule is CN(C)CCC[Si](CCCN(C)C)(OCCN(C)C)OCCN(C)C. The molecule has 0 atom stereocenters. The molecule has 0 aromatic carbocycles. The predicted molar refractivity (Wildman–Crippen MR) is 111 cm³/mol. The number of hydrogen-bond donors (Lipinski definition) is 0. The number of nitrogens with zero attached hydrogens (tertiary/aromatic N) is 4. The van der Waals surface area contributed by atoms with Crippen molar-refractivity contribution in [1.29, 1.82) is 0 Å². The lowest BCUT2D eigenvalue weighted by Crippen LogP contribution is -2.45. The molecule has 6 nitrogen and oxygen atoms in total. The summed E-state index contributed by atoms with van der Waals surface area (Å²) in [6.45, 7) is 5.63. The summed E-state index contributed by atoms with van der Waals surface area (Å²) in [6.07, 6.45) is 2.29. The average Bonchev–Trinajstić information content (AvgIpc) is 2.45. The number of hydrogen-bond acceptors (Lipinski definition) is 6. The Kier molecular flexibility index (Phi) is 14.1. The fourth-order valence-corrected chi connectivity index (χ4v) is 5.84. The van der Waals surface area contributed by atoms with Crippen LogP contribution in [0.3, 0.4) is 0 Å². The molecule has 0 unspecified atom stereocenters. The molecule has 0 N–H and O–H groups in total. The minimum Gasteiger partial charge on any atom is -0.393 e. The van der Waals surface area contributed by atoms with Gasteiger partial charge in [-0.2, -0.15) is 0 Å². The standard InChI is InChI=1S/C18H44N4O2Si/c1-19(2)11-9-17-25(18-10-12-20(3)4,23-15-13-21(5)6)24-16-14-22(7)8/h9-18H2,1-8H3. The third kappa shape index (κ3) is 14.8. The van der Waals surface area contributed by atoms with Gasteiger partial charge in [-0.1, -0.05) is 0 Å². The monoisotopic (exact) mass is 376 g/mol. The van der Waals surface area contributed by atoms with Crippen molar-refractivity contribution in [2.24, 2.45) is 0 Å². The number of rotatable bonds is 16. The van der Waals surface area contributed by atoms with Crippen molar-refractivity contribution >= 4 is 8.56 Å². The van der Waals surface area contributed by atoms with E-state index in [4.69, 9.17) is 8.85 Å². The van der Waals surface area contributed by atoms with E-state index < -0.39 is 8.56 Å². The molecule has 0 amide bonds. The molecule has 0 spiro atoms. The van der Waals surface area contributed by atoms with Gasteiger partial charge in [-0.15, -0.1) is 0 Å². The summed E-state index contributed by atoms with van der Waals surface area (Å²) in [5, 5.41) is 0. The molecule has 0 saturated carbocycles. The molecule has 0 aromatic rings. The normalized spacial score (nSPS) is 13.0. The van der Waals surface area contributed by atoms with Gasteiger partial charge in [0.1, 0.15) is 0 Å². The van der Waals surface area contributed by atoms with Gasteiger partial charge < -0.3 is 28.5 Å². The molecule has 0 fully saturated rings. The molecule has 25 heavy (non-hydrogen) atoms. The molecule has 0 aliphatic heterocycles. The van der Waals surface area contributed by atoms with Crippen molar-refractivity contribution in [3.05, 3.63) is 0 Å². The second-order valence-electron chi connectivity index (χ2n) is 8.03. The summed E-state index contributed by atoms with van der Waals surface area (Å²) >= 11 is 0. The first kappa shape index (κ1) is 25.0. The van der Waals surface area contributed by atoms with E-state index in [0.29, 0.717) is 0 Å². The summed E-state index contributed by atoms with van der Waals surface area (Å²) in [4.78, 5) is 8.86. The Labute approximate surface area is 158 Å². The highest BCUT2D eigenvalue weighted by Gasteiger charge is 2.36. The van der Waals surface area contributed by atoms with Gasteiger partial charge in [0.05, 0.1) is 0 Å². The summed E-state index contributed by atoms with van der Waals surface area (Å²) < 4.78 is 13.0. The van der Waals surface area contributed by atoms with Crippen molar-refractivity contribution in [3.8, 4) is 0 Å². The van der Waals surface area contributed by atoms with Gasteiger partial charge in [-0.3, -0.25) is 0 Å². The van der Waals surface area contributed by atoms with Crippen LogP contribution in [0.5, 0.6) is 0 Å². The van der Waals surface area contributed by atoms with E-state index in [1.807, 2.05) is 0 Å². The smallest absolute Gasteiger partial charge is 0.338 e. The highest BCUT2D eigenvalue weighted by atomic mass is 28.4. The van der Waals surface area contributed by atoms with Gasteiger partial charge >= 0.3 is 8.56 Å². The molecule has 0 heterocycles. The Balaban J connectivity index is 4.85. The van der Waals surface area contributed by atoms with E-state index in [2.05, 4.69) is 76.0 Å². The summed E-state index contributed by atoms with van der Waals surface area (Å²) in [6, 6.07) is 2.17. The lowest BCUT2D eigenvalue weighted by atomic mass is 10.4. The van der Waals surface area contributed by atoms with Gasteiger partial charge in [0.15, 0.2) is 0 Å². The van der Waals surface area contributed by atoms with Crippen molar-refractivity contribution in [3.63, 3.8) is 0 Å². The first-order valence-electron chi connectivity index (χ1n) is 9.54. The first-order chi connectivity index (χ1) is 11.7. The van der Waals surface area contributed by atoms with Crippen LogP contribution in [0.15, 0.2) is 0 Å². The highest BCUT2D eigenvalue weighted by molar-refractivity contribution is 6.67. The Bertz CT molecular complexity index is 254. The van der Waals surface area contributed by atoms with Gasteiger partial charge in [0, 0.05) is 26.3 Å². The lowest BCUT2D eigenvalue weighted by molar-refractivity contribution is 0.142. The third-order valence-electron chi connectivity index (χ3n) is 4.13. The minimum absolute atomic E-state index is 0.769. The fraction of sp³-hybridized carbons (Fsp3) is 1.00. The Morgan fingerprint density at radius 2 is 0.840 bits per heavy atom. The minimum atomic E-state index is -2.17. The zero-order valence-electron chi connectivity index (χ0n) is 18.2. The zero-order valence-corrected chi connectivity index (χ0v) is 19.2. The van der Waals surface area contributed by atoms with Crippen LogP contribution in [0.1, 0.15) is 12.8 Å². The first-order valence-corrected chi connectivity index (χ1v) is 11.8. The maximum atomic E-state index is 6.51. The van der Waals surface area contributed by atoms with E-state index in [9.17, 15) is 0 Å². The molecule has 0 bridgehead atoms. The van der Waals surface area contributed by atoms with E-state index in [-0.39, 0.29) is 0 Å². The van der Waals surface area contributed by atoms with Crippen LogP contribution in [0.4, 0.5) is 0 Å². The maximum Gasteiger partial charge on any atom is 0.338 e. The van der Waals surface area contributed by atoms with Crippen molar-refractivity contribution in [2.75, 3.05) is 95.8 Å². The topological polar surface area (TPSA) is 31.4 Å². The van der Waals surface area contributed by atoms with E-state index in [1.54, 1.807) is 0 Å². The Morgan fingerprint density at radius 1 is 0.520 bits per heavy atom. The third-order valence-corrected chi connectivity index (χ3v) is 7.82. The van der Waals surface area contributed by atoms with Gasteiger partial charge in [-0.25, -0.2) is 0 Å². The molecule has 152 valence electrons. The summed E-state index contributed by atoms with van der Waals surface area (Å²) in [5.41, 5.74) is 0. The average molecular weight is 377 g/mol. The fourth-order valence-electron chi connectivity index (χ4n) is 2.61. The second-order valence-corrected chi connectivity index (χ2v) is 11.4. The van der Waals surface area contributed by atoms with E-state index in [1.165, 1.54) is 0 Å². The largest absolute Gasteiger partial charge is 0.393 e. The quantitative estimate of drug-likeness (QED) is 0.379. The van der Waals surface area contributed by atoms with Crippen LogP contribution in [-0.4, -0.2) is 124 Å². The summed E-state index contributed by atoms with van der Waals surface area (Å²) in [7, 11) is 14.7.